The van der Waals surface area contributed by atoms with Crippen LogP contribution in [0.1, 0.15) is 27.7 Å². The van der Waals surface area contributed by atoms with E-state index in [0.717, 1.165) is 11.0 Å². The summed E-state index contributed by atoms with van der Waals surface area (Å²) in [6.45, 7) is 8.07. The minimum Gasteiger partial charge on any atom is -0.453 e. The highest BCUT2D eigenvalue weighted by atomic mass is 16.7. The molecule has 3 aliphatic rings. The number of hydrogen-bond acceptors (Lipinski definition) is 5. The largest absolute Gasteiger partial charge is 0.494 e. The van der Waals surface area contributed by atoms with Crippen molar-refractivity contribution < 1.29 is 13.7 Å². The van der Waals surface area contributed by atoms with E-state index in [-0.39, 0.29) is 5.43 Å². The Morgan fingerprint density at radius 2 is 1.67 bits per heavy atom. The van der Waals surface area contributed by atoms with Crippen molar-refractivity contribution in [3.05, 3.63) is 46.6 Å². The maximum atomic E-state index is 11.5. The molecule has 0 atom stereocenters. The predicted octanol–water partition coefficient (Wildman–Crippen LogP) is 2.59. The van der Waals surface area contributed by atoms with E-state index in [1.54, 1.807) is 6.07 Å². The summed E-state index contributed by atoms with van der Waals surface area (Å²) in [5.41, 5.74) is 1.94. The zero-order chi connectivity index (χ0) is 17.1. The molecule has 0 spiro atoms. The van der Waals surface area contributed by atoms with E-state index in [1.165, 1.54) is 12.1 Å². The molecule has 2 aliphatic heterocycles. The molecule has 1 fully saturated rings. The van der Waals surface area contributed by atoms with Crippen molar-refractivity contribution in [1.29, 1.82) is 0 Å². The number of nitrogens with zero attached hydrogens (tertiary/aromatic N) is 1. The molecule has 0 N–H and O–H groups in total. The molecule has 122 valence electrons. The average Bonchev–Trinajstić information content (AvgIpc) is 2.73. The molecule has 2 heterocycles. The van der Waals surface area contributed by atoms with Gasteiger partial charge in [-0.05, 0) is 57.4 Å². The Morgan fingerprint density at radius 3 is 2.38 bits per heavy atom. The first-order valence-electron chi connectivity index (χ1n) is 7.95. The Kier molecular flexibility index (Phi) is 3.14. The number of benzene rings is 2. The molecule has 0 radical (unpaired) electrons. The molecule has 1 saturated heterocycles. The summed E-state index contributed by atoms with van der Waals surface area (Å²) in [6, 6.07) is 10.3. The number of aromatic nitrogens is 1. The van der Waals surface area contributed by atoms with Gasteiger partial charge >= 0.3 is 7.12 Å². The van der Waals surface area contributed by atoms with Gasteiger partial charge in [-0.15, -0.1) is 0 Å². The Hall–Kier alpha value is -2.18. The zero-order valence-corrected chi connectivity index (χ0v) is 14.1. The molecule has 1 aromatic rings. The first-order chi connectivity index (χ1) is 11.2. The topological polar surface area (TPSA) is 61.6 Å². The van der Waals surface area contributed by atoms with Crippen LogP contribution in [0.25, 0.3) is 22.6 Å². The summed E-state index contributed by atoms with van der Waals surface area (Å²) in [7, 11) is -0.462. The van der Waals surface area contributed by atoms with E-state index in [2.05, 4.69) is 4.98 Å². The second kappa shape index (κ2) is 4.91. The van der Waals surface area contributed by atoms with Crippen molar-refractivity contribution in [2.45, 2.75) is 38.9 Å². The van der Waals surface area contributed by atoms with Crippen LogP contribution in [-0.4, -0.2) is 23.3 Å². The molecule has 6 heteroatoms. The smallest absolute Gasteiger partial charge is 0.453 e. The highest BCUT2D eigenvalue weighted by Gasteiger charge is 2.51. The van der Waals surface area contributed by atoms with Crippen molar-refractivity contribution in [3.63, 3.8) is 0 Å². The maximum Gasteiger partial charge on any atom is 0.494 e. The number of fused-ring (bicyclic) bond motifs is 2. The molecule has 0 unspecified atom stereocenters. The lowest BCUT2D eigenvalue weighted by Gasteiger charge is -2.32. The summed E-state index contributed by atoms with van der Waals surface area (Å²) in [5.74, 6) is 0.473. The summed E-state index contributed by atoms with van der Waals surface area (Å²) in [4.78, 5) is 16.0. The standard InChI is InChI=1S/C18H18BNO4/c1-17(2)18(3,4)24-19(23-17)11-5-7-13-15(9-11)22-16-10-12(21)6-8-14(16)20-13/h5-10H,1-4H3. The highest BCUT2D eigenvalue weighted by Crippen LogP contribution is 2.36. The predicted molar refractivity (Wildman–Crippen MR) is 92.6 cm³/mol. The van der Waals surface area contributed by atoms with Crippen LogP contribution in [0, 0.1) is 0 Å². The third-order valence-corrected chi connectivity index (χ3v) is 4.90. The van der Waals surface area contributed by atoms with Gasteiger partial charge in [0.25, 0.3) is 0 Å². The Balaban J connectivity index is 1.80. The fourth-order valence-corrected chi connectivity index (χ4v) is 2.75. The average molecular weight is 323 g/mol. The van der Waals surface area contributed by atoms with E-state index >= 15 is 0 Å². The van der Waals surface area contributed by atoms with Crippen LogP contribution in [0.5, 0.6) is 0 Å². The Morgan fingerprint density at radius 1 is 0.958 bits per heavy atom. The van der Waals surface area contributed by atoms with Gasteiger partial charge in [0.1, 0.15) is 11.2 Å². The van der Waals surface area contributed by atoms with Gasteiger partial charge in [-0.2, -0.15) is 0 Å². The van der Waals surface area contributed by atoms with Gasteiger partial charge in [-0.25, -0.2) is 4.98 Å². The fourth-order valence-electron chi connectivity index (χ4n) is 2.75. The molecule has 0 bridgehead atoms. The molecule has 1 aliphatic carbocycles. The van der Waals surface area contributed by atoms with Gasteiger partial charge in [0, 0.05) is 6.07 Å². The molecular weight excluding hydrogens is 305 g/mol. The van der Waals surface area contributed by atoms with Gasteiger partial charge in [0.05, 0.1) is 11.2 Å². The van der Waals surface area contributed by atoms with Gasteiger partial charge in [0.2, 0.25) is 0 Å². The molecule has 4 rings (SSSR count). The van der Waals surface area contributed by atoms with E-state index in [1.807, 2.05) is 45.9 Å². The molecule has 1 aromatic carbocycles. The van der Waals surface area contributed by atoms with Crippen molar-refractivity contribution >= 4 is 23.7 Å². The number of rotatable bonds is 1. The van der Waals surface area contributed by atoms with Crippen molar-refractivity contribution in [2.75, 3.05) is 0 Å². The summed E-state index contributed by atoms with van der Waals surface area (Å²) >= 11 is 0. The van der Waals surface area contributed by atoms with Crippen LogP contribution in [-0.2, 0) is 9.31 Å². The summed E-state index contributed by atoms with van der Waals surface area (Å²) < 4.78 is 18.0. The first kappa shape index (κ1) is 15.4. The lowest BCUT2D eigenvalue weighted by molar-refractivity contribution is 0.00578. The van der Waals surface area contributed by atoms with Crippen LogP contribution in [0.15, 0.2) is 45.6 Å². The van der Waals surface area contributed by atoms with Crippen LogP contribution in [0.3, 0.4) is 0 Å². The quantitative estimate of drug-likeness (QED) is 0.509. The lowest BCUT2D eigenvalue weighted by atomic mass is 9.79. The maximum absolute atomic E-state index is 11.5. The molecule has 24 heavy (non-hydrogen) atoms. The van der Waals surface area contributed by atoms with Crippen LogP contribution in [0.4, 0.5) is 0 Å². The van der Waals surface area contributed by atoms with E-state index in [4.69, 9.17) is 13.7 Å². The van der Waals surface area contributed by atoms with Gasteiger partial charge in [-0.3, -0.25) is 4.79 Å². The van der Waals surface area contributed by atoms with E-state index in [9.17, 15) is 4.79 Å². The molecule has 0 aromatic heterocycles. The van der Waals surface area contributed by atoms with Gasteiger partial charge < -0.3 is 13.7 Å². The third kappa shape index (κ3) is 2.34. The van der Waals surface area contributed by atoms with Crippen molar-refractivity contribution in [2.24, 2.45) is 0 Å². The molecular formula is C18H18BNO4. The van der Waals surface area contributed by atoms with Crippen molar-refractivity contribution in [3.8, 4) is 11.5 Å². The monoisotopic (exact) mass is 323 g/mol. The van der Waals surface area contributed by atoms with Crippen LogP contribution < -0.4 is 10.9 Å². The lowest BCUT2D eigenvalue weighted by Crippen LogP contribution is -2.41. The zero-order valence-electron chi connectivity index (χ0n) is 14.1. The minimum atomic E-state index is -0.462. The molecule has 0 saturated carbocycles. The Labute approximate surface area is 140 Å². The second-order valence-corrected chi connectivity index (χ2v) is 7.16. The highest BCUT2D eigenvalue weighted by molar-refractivity contribution is 6.62. The first-order valence-corrected chi connectivity index (χ1v) is 7.95. The normalized spacial score (nSPS) is 19.2. The van der Waals surface area contributed by atoms with Crippen molar-refractivity contribution in [1.82, 2.24) is 4.98 Å². The second-order valence-electron chi connectivity index (χ2n) is 7.16. The van der Waals surface area contributed by atoms with Gasteiger partial charge in [-0.1, -0.05) is 6.07 Å². The van der Waals surface area contributed by atoms with Crippen LogP contribution in [0.2, 0.25) is 0 Å². The molecule has 5 nitrogen and oxygen atoms in total. The van der Waals surface area contributed by atoms with E-state index in [0.29, 0.717) is 17.0 Å². The van der Waals surface area contributed by atoms with E-state index < -0.39 is 18.3 Å². The molecule has 0 amide bonds. The van der Waals surface area contributed by atoms with Gasteiger partial charge in [0.15, 0.2) is 16.8 Å². The third-order valence-electron chi connectivity index (χ3n) is 4.90. The Bertz CT molecular complexity index is 947. The number of hydrogen-bond donors (Lipinski definition) is 0. The summed E-state index contributed by atoms with van der Waals surface area (Å²) in [6.07, 6.45) is 0. The van der Waals surface area contributed by atoms with Crippen LogP contribution >= 0.6 is 0 Å². The fraction of sp³-hybridized carbons (Fsp3) is 0.333. The SMILES string of the molecule is CC1(C)OB(c2ccc3nc4ccc(=O)cc-4oc3c2)OC1(C)C. The minimum absolute atomic E-state index is 0.102. The summed E-state index contributed by atoms with van der Waals surface area (Å²) in [5, 5.41) is 0.